The summed E-state index contributed by atoms with van der Waals surface area (Å²) in [7, 11) is -0.905. The van der Waals surface area contributed by atoms with Crippen molar-refractivity contribution in [1.82, 2.24) is 9.62 Å². The van der Waals surface area contributed by atoms with Gasteiger partial charge in [0, 0.05) is 25.7 Å². The van der Waals surface area contributed by atoms with E-state index < -0.39 is 22.0 Å². The van der Waals surface area contributed by atoms with E-state index in [4.69, 9.17) is 23.2 Å². The monoisotopic (exact) mass is 416 g/mol. The molecule has 0 spiro atoms. The van der Waals surface area contributed by atoms with Gasteiger partial charge in [0.2, 0.25) is 10.0 Å². The van der Waals surface area contributed by atoms with Crippen LogP contribution >= 0.6 is 23.2 Å². The molecule has 0 saturated carbocycles. The number of nitrogens with zero attached hydrogens (tertiary/aromatic N) is 1. The minimum atomic E-state index is -3.70. The molecule has 0 saturated heterocycles. The van der Waals surface area contributed by atoms with Crippen LogP contribution in [0.3, 0.4) is 0 Å². The molecule has 1 unspecified atom stereocenters. The van der Waals surface area contributed by atoms with Gasteiger partial charge in [0.15, 0.2) is 0 Å². The summed E-state index contributed by atoms with van der Waals surface area (Å²) >= 11 is 11.8. The van der Waals surface area contributed by atoms with Gasteiger partial charge in [-0.15, -0.1) is 0 Å². The predicted molar refractivity (Wildman–Crippen MR) is 101 cm³/mol. The number of halogens is 2. The Morgan fingerprint density at radius 1 is 1.15 bits per heavy atom. The first-order valence-corrected chi connectivity index (χ1v) is 9.76. The molecule has 2 aromatic carbocycles. The number of hydrogen-bond acceptors (Lipinski definition) is 4. The van der Waals surface area contributed by atoms with Crippen LogP contribution in [0.4, 0.5) is 0 Å². The van der Waals surface area contributed by atoms with Crippen LogP contribution in [0.1, 0.15) is 22.0 Å². The highest BCUT2D eigenvalue weighted by Crippen LogP contribution is 2.22. The zero-order valence-corrected chi connectivity index (χ0v) is 16.4. The Morgan fingerprint density at radius 3 is 2.35 bits per heavy atom. The van der Waals surface area contributed by atoms with Crippen molar-refractivity contribution in [2.75, 3.05) is 20.6 Å². The van der Waals surface area contributed by atoms with E-state index >= 15 is 0 Å². The lowest BCUT2D eigenvalue weighted by Gasteiger charge is -2.15. The van der Waals surface area contributed by atoms with Crippen LogP contribution in [0.5, 0.6) is 0 Å². The molecule has 0 aromatic heterocycles. The number of hydrogen-bond donors (Lipinski definition) is 2. The third-order valence-corrected chi connectivity index (χ3v) is 6.06. The van der Waals surface area contributed by atoms with Crippen LogP contribution < -0.4 is 5.32 Å². The Bertz CT molecular complexity index is 899. The first kappa shape index (κ1) is 20.7. The molecule has 0 aliphatic rings. The molecule has 2 N–H and O–H groups in total. The van der Waals surface area contributed by atoms with Crippen LogP contribution in [-0.2, 0) is 10.0 Å². The van der Waals surface area contributed by atoms with Gasteiger partial charge in [-0.25, -0.2) is 12.7 Å². The number of sulfonamides is 1. The molecule has 26 heavy (non-hydrogen) atoms. The maximum Gasteiger partial charge on any atom is 0.252 e. The molecule has 0 radical (unpaired) electrons. The van der Waals surface area contributed by atoms with Crippen molar-refractivity contribution in [3.05, 3.63) is 63.6 Å². The topological polar surface area (TPSA) is 86.7 Å². The summed E-state index contributed by atoms with van der Waals surface area (Å²) in [5.74, 6) is -0.584. The molecule has 0 bridgehead atoms. The highest BCUT2D eigenvalue weighted by molar-refractivity contribution is 7.89. The van der Waals surface area contributed by atoms with Crippen molar-refractivity contribution in [3.8, 4) is 0 Å². The number of benzene rings is 2. The quantitative estimate of drug-likeness (QED) is 0.757. The molecule has 6 nitrogen and oxygen atoms in total. The third kappa shape index (κ3) is 4.75. The SMILES string of the molecule is CN(C)S(=O)(=O)c1ccc(Cl)c(C(=O)NCC(O)c2ccc(Cl)cc2)c1. The molecule has 2 aromatic rings. The van der Waals surface area contributed by atoms with Crippen molar-refractivity contribution < 1.29 is 18.3 Å². The van der Waals surface area contributed by atoms with Gasteiger partial charge in [-0.1, -0.05) is 35.3 Å². The van der Waals surface area contributed by atoms with E-state index in [9.17, 15) is 18.3 Å². The third-order valence-electron chi connectivity index (χ3n) is 3.67. The molecule has 0 fully saturated rings. The van der Waals surface area contributed by atoms with Crippen LogP contribution in [0, 0.1) is 0 Å². The van der Waals surface area contributed by atoms with E-state index in [-0.39, 0.29) is 22.0 Å². The molecule has 0 aliphatic carbocycles. The summed E-state index contributed by atoms with van der Waals surface area (Å²) in [4.78, 5) is 12.3. The Hall–Kier alpha value is -1.64. The molecule has 140 valence electrons. The predicted octanol–water partition coefficient (Wildman–Crippen LogP) is 2.71. The van der Waals surface area contributed by atoms with Crippen LogP contribution in [0.25, 0.3) is 0 Å². The van der Waals surface area contributed by atoms with Crippen LogP contribution in [0.15, 0.2) is 47.4 Å². The van der Waals surface area contributed by atoms with Gasteiger partial charge in [0.05, 0.1) is 21.6 Å². The average Bonchev–Trinajstić information content (AvgIpc) is 2.60. The fraction of sp³-hybridized carbons (Fsp3) is 0.235. The van der Waals surface area contributed by atoms with Crippen LogP contribution in [-0.4, -0.2) is 44.4 Å². The van der Waals surface area contributed by atoms with Crippen molar-refractivity contribution in [1.29, 1.82) is 0 Å². The number of rotatable bonds is 6. The van der Waals surface area contributed by atoms with Gasteiger partial charge in [0.25, 0.3) is 5.91 Å². The normalized spacial score (nSPS) is 12.8. The number of aliphatic hydroxyl groups is 1. The summed E-state index contributed by atoms with van der Waals surface area (Å²) in [5, 5.41) is 13.3. The second-order valence-corrected chi connectivity index (χ2v) is 8.70. The largest absolute Gasteiger partial charge is 0.387 e. The van der Waals surface area contributed by atoms with E-state index in [0.29, 0.717) is 10.6 Å². The number of aliphatic hydroxyl groups excluding tert-OH is 1. The molecule has 0 aliphatic heterocycles. The van der Waals surface area contributed by atoms with Gasteiger partial charge in [-0.2, -0.15) is 0 Å². The van der Waals surface area contributed by atoms with Gasteiger partial charge in [0.1, 0.15) is 0 Å². The Balaban J connectivity index is 2.15. The fourth-order valence-corrected chi connectivity index (χ4v) is 3.39. The molecule has 2 rings (SSSR count). The zero-order chi connectivity index (χ0) is 19.5. The van der Waals surface area contributed by atoms with Gasteiger partial charge >= 0.3 is 0 Å². The van der Waals surface area contributed by atoms with Crippen molar-refractivity contribution >= 4 is 39.1 Å². The van der Waals surface area contributed by atoms with E-state index in [1.54, 1.807) is 24.3 Å². The number of carbonyl (C=O) groups excluding carboxylic acids is 1. The molecule has 9 heteroatoms. The Labute approximate surface area is 162 Å². The Kier molecular flexibility index (Phi) is 6.65. The molecular formula is C17H18Cl2N2O4S. The number of amides is 1. The minimum absolute atomic E-state index is 0.0119. The first-order valence-electron chi connectivity index (χ1n) is 7.56. The van der Waals surface area contributed by atoms with Crippen molar-refractivity contribution in [3.63, 3.8) is 0 Å². The standard InChI is InChI=1S/C17H18Cl2N2O4S/c1-21(2)26(24,25)13-7-8-15(19)14(9-13)17(23)20-10-16(22)11-3-5-12(18)6-4-11/h3-9,16,22H,10H2,1-2H3,(H,20,23). The maximum absolute atomic E-state index is 12.4. The lowest BCUT2D eigenvalue weighted by atomic mass is 10.1. The van der Waals surface area contributed by atoms with E-state index in [1.807, 2.05) is 0 Å². The average molecular weight is 417 g/mol. The highest BCUT2D eigenvalue weighted by atomic mass is 35.5. The second kappa shape index (κ2) is 8.37. The minimum Gasteiger partial charge on any atom is -0.387 e. The smallest absolute Gasteiger partial charge is 0.252 e. The number of nitrogens with one attached hydrogen (secondary N) is 1. The van der Waals surface area contributed by atoms with Crippen molar-refractivity contribution in [2.24, 2.45) is 0 Å². The fourth-order valence-electron chi connectivity index (χ4n) is 2.14. The lowest BCUT2D eigenvalue weighted by Crippen LogP contribution is -2.29. The van der Waals surface area contributed by atoms with Gasteiger partial charge in [-0.05, 0) is 35.9 Å². The van der Waals surface area contributed by atoms with Gasteiger partial charge < -0.3 is 10.4 Å². The van der Waals surface area contributed by atoms with Crippen molar-refractivity contribution in [2.45, 2.75) is 11.0 Å². The van der Waals surface area contributed by atoms with E-state index in [1.165, 1.54) is 32.3 Å². The molecule has 0 heterocycles. The first-order chi connectivity index (χ1) is 12.1. The van der Waals surface area contributed by atoms with E-state index in [2.05, 4.69) is 5.32 Å². The maximum atomic E-state index is 12.4. The summed E-state index contributed by atoms with van der Waals surface area (Å²) in [6.07, 6.45) is -0.941. The molecule has 1 amide bonds. The lowest BCUT2D eigenvalue weighted by molar-refractivity contribution is 0.0916. The zero-order valence-electron chi connectivity index (χ0n) is 14.1. The summed E-state index contributed by atoms with van der Waals surface area (Å²) < 4.78 is 25.4. The Morgan fingerprint density at radius 2 is 1.77 bits per heavy atom. The highest BCUT2D eigenvalue weighted by Gasteiger charge is 2.21. The summed E-state index contributed by atoms with van der Waals surface area (Å²) in [5.41, 5.74) is 0.600. The second-order valence-electron chi connectivity index (χ2n) is 5.71. The van der Waals surface area contributed by atoms with E-state index in [0.717, 1.165) is 4.31 Å². The van der Waals surface area contributed by atoms with Crippen LogP contribution in [0.2, 0.25) is 10.0 Å². The summed E-state index contributed by atoms with van der Waals surface area (Å²) in [6.45, 7) is -0.0680. The molecule has 1 atom stereocenters. The summed E-state index contributed by atoms with van der Waals surface area (Å²) in [6, 6.07) is 10.5. The molecular weight excluding hydrogens is 399 g/mol. The van der Waals surface area contributed by atoms with Gasteiger partial charge in [-0.3, -0.25) is 4.79 Å². The number of carbonyl (C=O) groups is 1.